The molecule has 3 amide bonds. The number of ether oxygens (including phenoxy) is 1. The van der Waals surface area contributed by atoms with Crippen molar-refractivity contribution in [3.05, 3.63) is 70.8 Å². The van der Waals surface area contributed by atoms with Crippen LogP contribution in [0.3, 0.4) is 0 Å². The number of nitrogens with zero attached hydrogens (tertiary/aromatic N) is 1. The number of hydrogen-bond acceptors (Lipinski definition) is 5. The van der Waals surface area contributed by atoms with Crippen molar-refractivity contribution in [2.24, 2.45) is 0 Å². The maximum atomic E-state index is 12.3. The Morgan fingerprint density at radius 1 is 0.964 bits per heavy atom. The molecule has 2 aromatic rings. The summed E-state index contributed by atoms with van der Waals surface area (Å²) in [6.45, 7) is 0.529. The van der Waals surface area contributed by atoms with Crippen molar-refractivity contribution < 1.29 is 23.9 Å². The number of imide groups is 1. The second kappa shape index (κ2) is 8.47. The Hall–Kier alpha value is -3.48. The highest BCUT2D eigenvalue weighted by molar-refractivity contribution is 6.21. The third-order valence-electron chi connectivity index (χ3n) is 4.53. The standard InChI is InChI=1S/C21H20N2O5/c1-28-21(27)15-10-8-14(9-11-15)13-22-18(24)7-4-12-23-19(25)16-5-2-3-6-17(16)20(23)26/h2-3,5-6,8-11H,4,7,12-13H2,1H3,(H,22,24). The molecule has 144 valence electrons. The molecule has 0 aromatic heterocycles. The van der Waals surface area contributed by atoms with E-state index < -0.39 is 5.97 Å². The summed E-state index contributed by atoms with van der Waals surface area (Å²) in [5.74, 6) is -1.21. The summed E-state index contributed by atoms with van der Waals surface area (Å²) in [5, 5.41) is 2.78. The van der Waals surface area contributed by atoms with Crippen molar-refractivity contribution in [2.45, 2.75) is 19.4 Å². The fraction of sp³-hybridized carbons (Fsp3) is 0.238. The number of esters is 1. The van der Waals surface area contributed by atoms with E-state index in [1.165, 1.54) is 12.0 Å². The van der Waals surface area contributed by atoms with Crippen LogP contribution >= 0.6 is 0 Å². The Bertz CT molecular complexity index is 886. The highest BCUT2D eigenvalue weighted by Crippen LogP contribution is 2.22. The van der Waals surface area contributed by atoms with Crippen LogP contribution in [0.25, 0.3) is 0 Å². The number of carbonyl (C=O) groups excluding carboxylic acids is 4. The van der Waals surface area contributed by atoms with E-state index in [2.05, 4.69) is 10.1 Å². The number of nitrogens with one attached hydrogen (secondary N) is 1. The summed E-state index contributed by atoms with van der Waals surface area (Å²) in [4.78, 5) is 49.1. The number of methoxy groups -OCH3 is 1. The molecule has 28 heavy (non-hydrogen) atoms. The van der Waals surface area contributed by atoms with Gasteiger partial charge in [0.15, 0.2) is 0 Å². The minimum Gasteiger partial charge on any atom is -0.465 e. The predicted molar refractivity (Wildman–Crippen MR) is 101 cm³/mol. The van der Waals surface area contributed by atoms with E-state index in [1.807, 2.05) is 0 Å². The lowest BCUT2D eigenvalue weighted by atomic mass is 10.1. The number of amides is 3. The first-order valence-electron chi connectivity index (χ1n) is 8.90. The number of fused-ring (bicyclic) bond motifs is 1. The molecule has 3 rings (SSSR count). The minimum absolute atomic E-state index is 0.173. The maximum absolute atomic E-state index is 12.3. The van der Waals surface area contributed by atoms with E-state index in [0.29, 0.717) is 29.7 Å². The van der Waals surface area contributed by atoms with Gasteiger partial charge >= 0.3 is 5.97 Å². The van der Waals surface area contributed by atoms with E-state index >= 15 is 0 Å². The molecule has 7 heteroatoms. The van der Waals surface area contributed by atoms with Crippen molar-refractivity contribution in [3.63, 3.8) is 0 Å². The predicted octanol–water partition coefficient (Wildman–Crippen LogP) is 2.17. The zero-order valence-corrected chi connectivity index (χ0v) is 15.4. The van der Waals surface area contributed by atoms with Crippen molar-refractivity contribution >= 4 is 23.7 Å². The van der Waals surface area contributed by atoms with Crippen LogP contribution in [-0.2, 0) is 16.1 Å². The van der Waals surface area contributed by atoms with Crippen LogP contribution in [-0.4, -0.2) is 42.2 Å². The molecule has 0 atom stereocenters. The largest absolute Gasteiger partial charge is 0.465 e. The molecule has 1 heterocycles. The minimum atomic E-state index is -0.413. The van der Waals surface area contributed by atoms with Crippen molar-refractivity contribution in [1.29, 1.82) is 0 Å². The van der Waals surface area contributed by atoms with Gasteiger partial charge in [-0.15, -0.1) is 0 Å². The van der Waals surface area contributed by atoms with Gasteiger partial charge in [0.2, 0.25) is 5.91 Å². The van der Waals surface area contributed by atoms with E-state index in [9.17, 15) is 19.2 Å². The fourth-order valence-electron chi connectivity index (χ4n) is 3.01. The van der Waals surface area contributed by atoms with Gasteiger partial charge in [0.05, 0.1) is 23.8 Å². The van der Waals surface area contributed by atoms with Crippen molar-refractivity contribution in [3.8, 4) is 0 Å². The quantitative estimate of drug-likeness (QED) is 0.587. The first-order valence-corrected chi connectivity index (χ1v) is 8.90. The summed E-state index contributed by atoms with van der Waals surface area (Å²) in [6.07, 6.45) is 0.590. The Morgan fingerprint density at radius 2 is 1.57 bits per heavy atom. The van der Waals surface area contributed by atoms with Crippen LogP contribution in [0, 0.1) is 0 Å². The van der Waals surface area contributed by atoms with Gasteiger partial charge in [0.1, 0.15) is 0 Å². The zero-order chi connectivity index (χ0) is 20.1. The van der Waals surface area contributed by atoms with Gasteiger partial charge in [0.25, 0.3) is 11.8 Å². The normalized spacial score (nSPS) is 12.7. The average molecular weight is 380 g/mol. The molecule has 0 unspecified atom stereocenters. The summed E-state index contributed by atoms with van der Waals surface area (Å²) < 4.78 is 4.64. The third-order valence-corrected chi connectivity index (χ3v) is 4.53. The van der Waals surface area contributed by atoms with Gasteiger partial charge in [-0.1, -0.05) is 24.3 Å². The molecule has 0 spiro atoms. The van der Waals surface area contributed by atoms with E-state index in [-0.39, 0.29) is 30.7 Å². The molecule has 0 saturated carbocycles. The molecule has 7 nitrogen and oxygen atoms in total. The lowest BCUT2D eigenvalue weighted by molar-refractivity contribution is -0.121. The van der Waals surface area contributed by atoms with Crippen LogP contribution in [0.2, 0.25) is 0 Å². The number of rotatable bonds is 7. The van der Waals surface area contributed by atoms with E-state index in [0.717, 1.165) is 5.56 Å². The summed E-state index contributed by atoms with van der Waals surface area (Å²) in [7, 11) is 1.32. The highest BCUT2D eigenvalue weighted by atomic mass is 16.5. The summed E-state index contributed by atoms with van der Waals surface area (Å²) >= 11 is 0. The lowest BCUT2D eigenvalue weighted by Gasteiger charge is -2.13. The average Bonchev–Trinajstić information content (AvgIpc) is 2.97. The zero-order valence-electron chi connectivity index (χ0n) is 15.4. The van der Waals surface area contributed by atoms with E-state index in [4.69, 9.17) is 0 Å². The van der Waals surface area contributed by atoms with Crippen LogP contribution in [0.1, 0.15) is 49.5 Å². The fourth-order valence-corrected chi connectivity index (χ4v) is 3.01. The van der Waals surface area contributed by atoms with Crippen molar-refractivity contribution in [1.82, 2.24) is 10.2 Å². The topological polar surface area (TPSA) is 92.8 Å². The van der Waals surface area contributed by atoms with Crippen LogP contribution in [0.15, 0.2) is 48.5 Å². The maximum Gasteiger partial charge on any atom is 0.337 e. The lowest BCUT2D eigenvalue weighted by Crippen LogP contribution is -2.32. The van der Waals surface area contributed by atoms with Gasteiger partial charge < -0.3 is 10.1 Å². The monoisotopic (exact) mass is 380 g/mol. The van der Waals surface area contributed by atoms with Gasteiger partial charge in [-0.25, -0.2) is 4.79 Å². The van der Waals surface area contributed by atoms with Crippen molar-refractivity contribution in [2.75, 3.05) is 13.7 Å². The van der Waals surface area contributed by atoms with Crippen LogP contribution in [0.4, 0.5) is 0 Å². The third kappa shape index (κ3) is 4.09. The highest BCUT2D eigenvalue weighted by Gasteiger charge is 2.34. The molecular formula is C21H20N2O5. The number of benzene rings is 2. The molecule has 0 saturated heterocycles. The number of carbonyl (C=O) groups is 4. The van der Waals surface area contributed by atoms with Gasteiger partial charge in [0, 0.05) is 19.5 Å². The molecule has 0 bridgehead atoms. The second-order valence-electron chi connectivity index (χ2n) is 6.38. The SMILES string of the molecule is COC(=O)c1ccc(CNC(=O)CCCN2C(=O)c3ccccc3C2=O)cc1. The first-order chi connectivity index (χ1) is 13.5. The van der Waals surface area contributed by atoms with Crippen LogP contribution in [0.5, 0.6) is 0 Å². The Kier molecular flexibility index (Phi) is 5.84. The van der Waals surface area contributed by atoms with E-state index in [1.54, 1.807) is 48.5 Å². The van der Waals surface area contributed by atoms with Gasteiger partial charge in [-0.3, -0.25) is 19.3 Å². The van der Waals surface area contributed by atoms with Gasteiger partial charge in [-0.05, 0) is 36.2 Å². The number of hydrogen-bond donors (Lipinski definition) is 1. The molecular weight excluding hydrogens is 360 g/mol. The molecule has 1 aliphatic rings. The molecule has 2 aromatic carbocycles. The second-order valence-corrected chi connectivity index (χ2v) is 6.38. The Labute approximate surface area is 162 Å². The first kappa shape index (κ1) is 19.3. The molecule has 0 aliphatic carbocycles. The van der Waals surface area contributed by atoms with Crippen LogP contribution < -0.4 is 5.32 Å². The summed E-state index contributed by atoms with van der Waals surface area (Å²) in [6, 6.07) is 13.5. The molecule has 0 radical (unpaired) electrons. The van der Waals surface area contributed by atoms with Gasteiger partial charge in [-0.2, -0.15) is 0 Å². The smallest absolute Gasteiger partial charge is 0.337 e. The summed E-state index contributed by atoms with van der Waals surface area (Å²) in [5.41, 5.74) is 2.11. The Balaban J connectivity index is 1.44. The molecule has 0 fully saturated rings. The molecule has 1 N–H and O–H groups in total. The molecule has 1 aliphatic heterocycles. The Morgan fingerprint density at radius 3 is 2.14 bits per heavy atom.